The Morgan fingerprint density at radius 2 is 1.75 bits per heavy atom. The van der Waals surface area contributed by atoms with E-state index in [4.69, 9.17) is 4.74 Å². The van der Waals surface area contributed by atoms with Crippen molar-refractivity contribution in [3.8, 4) is 5.75 Å². The van der Waals surface area contributed by atoms with Gasteiger partial charge in [-0.1, -0.05) is 32.0 Å². The van der Waals surface area contributed by atoms with E-state index in [1.54, 1.807) is 7.11 Å². The third-order valence-electron chi connectivity index (χ3n) is 3.71. The zero-order valence-corrected chi connectivity index (χ0v) is 13.6. The van der Waals surface area contributed by atoms with Crippen LogP contribution in [0.3, 0.4) is 0 Å². The summed E-state index contributed by atoms with van der Waals surface area (Å²) in [7, 11) is 1.74. The average Bonchev–Trinajstić information content (AvgIpc) is 2.45. The Balaban J connectivity index is 2.48. The molecule has 1 aromatic carbocycles. The summed E-state index contributed by atoms with van der Waals surface area (Å²) < 4.78 is 5.41. The third kappa shape index (κ3) is 5.51. The minimum absolute atomic E-state index is 0.442. The van der Waals surface area contributed by atoms with Gasteiger partial charge in [-0.3, -0.25) is 0 Å². The van der Waals surface area contributed by atoms with Crippen LogP contribution in [0.15, 0.2) is 24.3 Å². The summed E-state index contributed by atoms with van der Waals surface area (Å²) in [5.41, 5.74) is 1.27. The summed E-state index contributed by atoms with van der Waals surface area (Å²) >= 11 is 0. The molecule has 3 heteroatoms. The standard InChI is InChI=1S/C17H30N2O/c1-6-19(7-2)13-15(4)18-14(3)12-16-10-8-9-11-17(16)20-5/h8-11,14-15,18H,6-7,12-13H2,1-5H3. The number of nitrogens with one attached hydrogen (secondary N) is 1. The van der Waals surface area contributed by atoms with Crippen molar-refractivity contribution < 1.29 is 4.74 Å². The van der Waals surface area contributed by atoms with E-state index < -0.39 is 0 Å². The zero-order chi connectivity index (χ0) is 15.0. The van der Waals surface area contributed by atoms with Gasteiger partial charge in [0.05, 0.1) is 7.11 Å². The summed E-state index contributed by atoms with van der Waals surface area (Å²) in [6.45, 7) is 12.3. The van der Waals surface area contributed by atoms with Crippen molar-refractivity contribution in [1.82, 2.24) is 10.2 Å². The fourth-order valence-electron chi connectivity index (χ4n) is 2.67. The van der Waals surface area contributed by atoms with Crippen LogP contribution in [0.5, 0.6) is 5.75 Å². The molecule has 0 spiro atoms. The molecule has 0 amide bonds. The molecular weight excluding hydrogens is 248 g/mol. The van der Waals surface area contributed by atoms with Gasteiger partial charge in [0, 0.05) is 18.6 Å². The second kappa shape index (κ2) is 8.98. The first-order chi connectivity index (χ1) is 9.60. The van der Waals surface area contributed by atoms with E-state index in [-0.39, 0.29) is 0 Å². The second-order valence-corrected chi connectivity index (χ2v) is 5.47. The fraction of sp³-hybridized carbons (Fsp3) is 0.647. The van der Waals surface area contributed by atoms with Gasteiger partial charge in [-0.15, -0.1) is 0 Å². The van der Waals surface area contributed by atoms with Gasteiger partial charge in [0.1, 0.15) is 5.75 Å². The van der Waals surface area contributed by atoms with E-state index in [2.05, 4.69) is 50.0 Å². The highest BCUT2D eigenvalue weighted by molar-refractivity contribution is 5.33. The Bertz CT molecular complexity index is 377. The van der Waals surface area contributed by atoms with Crippen molar-refractivity contribution in [3.05, 3.63) is 29.8 Å². The highest BCUT2D eigenvalue weighted by Gasteiger charge is 2.12. The van der Waals surface area contributed by atoms with Crippen molar-refractivity contribution in [3.63, 3.8) is 0 Å². The highest BCUT2D eigenvalue weighted by atomic mass is 16.5. The van der Waals surface area contributed by atoms with Crippen LogP contribution in [0.4, 0.5) is 0 Å². The van der Waals surface area contributed by atoms with Crippen LogP contribution in [0.2, 0.25) is 0 Å². The predicted molar refractivity (Wildman–Crippen MR) is 86.5 cm³/mol. The van der Waals surface area contributed by atoms with Crippen LogP contribution >= 0.6 is 0 Å². The average molecular weight is 278 g/mol. The van der Waals surface area contributed by atoms with E-state index in [0.29, 0.717) is 12.1 Å². The lowest BCUT2D eigenvalue weighted by atomic mass is 10.1. The molecule has 0 radical (unpaired) electrons. The van der Waals surface area contributed by atoms with Gasteiger partial charge in [-0.25, -0.2) is 0 Å². The molecule has 0 aliphatic rings. The van der Waals surface area contributed by atoms with Crippen molar-refractivity contribution in [2.45, 2.75) is 46.2 Å². The molecule has 0 aliphatic carbocycles. The van der Waals surface area contributed by atoms with Gasteiger partial charge in [-0.05, 0) is 45.0 Å². The van der Waals surface area contributed by atoms with Crippen molar-refractivity contribution in [2.24, 2.45) is 0 Å². The van der Waals surface area contributed by atoms with E-state index in [0.717, 1.165) is 31.8 Å². The number of hydrogen-bond acceptors (Lipinski definition) is 3. The maximum Gasteiger partial charge on any atom is 0.122 e. The molecule has 3 nitrogen and oxygen atoms in total. The fourth-order valence-corrected chi connectivity index (χ4v) is 2.67. The maximum atomic E-state index is 5.41. The number of nitrogens with zero attached hydrogens (tertiary/aromatic N) is 1. The molecule has 1 N–H and O–H groups in total. The first kappa shape index (κ1) is 17.0. The molecule has 20 heavy (non-hydrogen) atoms. The monoisotopic (exact) mass is 278 g/mol. The molecule has 0 saturated heterocycles. The first-order valence-electron chi connectivity index (χ1n) is 7.70. The number of rotatable bonds is 9. The number of para-hydroxylation sites is 1. The van der Waals surface area contributed by atoms with Crippen molar-refractivity contribution in [2.75, 3.05) is 26.7 Å². The third-order valence-corrected chi connectivity index (χ3v) is 3.71. The van der Waals surface area contributed by atoms with E-state index in [9.17, 15) is 0 Å². The lowest BCUT2D eigenvalue weighted by Gasteiger charge is -2.26. The second-order valence-electron chi connectivity index (χ2n) is 5.47. The summed E-state index contributed by atoms with van der Waals surface area (Å²) in [5.74, 6) is 0.984. The minimum Gasteiger partial charge on any atom is -0.496 e. The van der Waals surface area contributed by atoms with Crippen molar-refractivity contribution in [1.29, 1.82) is 0 Å². The molecule has 114 valence electrons. The Morgan fingerprint density at radius 3 is 2.35 bits per heavy atom. The van der Waals surface area contributed by atoms with Gasteiger partial charge in [0.2, 0.25) is 0 Å². The van der Waals surface area contributed by atoms with Gasteiger partial charge >= 0.3 is 0 Å². The molecule has 0 aromatic heterocycles. The SMILES string of the molecule is CCN(CC)CC(C)NC(C)Cc1ccccc1OC. The molecule has 0 saturated carbocycles. The summed E-state index contributed by atoms with van der Waals surface area (Å²) in [5, 5.41) is 3.68. The Labute approximate surface area is 124 Å². The lowest BCUT2D eigenvalue weighted by Crippen LogP contribution is -2.43. The van der Waals surface area contributed by atoms with E-state index >= 15 is 0 Å². The molecule has 0 bridgehead atoms. The highest BCUT2D eigenvalue weighted by Crippen LogP contribution is 2.18. The van der Waals surface area contributed by atoms with Crippen LogP contribution in [-0.2, 0) is 6.42 Å². The smallest absolute Gasteiger partial charge is 0.122 e. The molecule has 0 heterocycles. The first-order valence-corrected chi connectivity index (χ1v) is 7.70. The Morgan fingerprint density at radius 1 is 1.10 bits per heavy atom. The largest absolute Gasteiger partial charge is 0.496 e. The quantitative estimate of drug-likeness (QED) is 0.751. The zero-order valence-electron chi connectivity index (χ0n) is 13.6. The normalized spacial score (nSPS) is 14.3. The van der Waals surface area contributed by atoms with E-state index in [1.807, 2.05) is 12.1 Å². The predicted octanol–water partition coefficient (Wildman–Crippen LogP) is 2.95. The van der Waals surface area contributed by atoms with Crippen LogP contribution in [0.25, 0.3) is 0 Å². The minimum atomic E-state index is 0.442. The van der Waals surface area contributed by atoms with Gasteiger partial charge in [-0.2, -0.15) is 0 Å². The lowest BCUT2D eigenvalue weighted by molar-refractivity contribution is 0.263. The van der Waals surface area contributed by atoms with Crippen LogP contribution in [-0.4, -0.2) is 43.7 Å². The molecule has 2 atom stereocenters. The van der Waals surface area contributed by atoms with Crippen LogP contribution in [0.1, 0.15) is 33.3 Å². The summed E-state index contributed by atoms with van der Waals surface area (Å²) in [6, 6.07) is 9.21. The van der Waals surface area contributed by atoms with Gasteiger partial charge in [0.15, 0.2) is 0 Å². The number of benzene rings is 1. The maximum absolute atomic E-state index is 5.41. The summed E-state index contributed by atoms with van der Waals surface area (Å²) in [6.07, 6.45) is 0.993. The molecule has 0 fully saturated rings. The molecular formula is C17H30N2O. The molecule has 2 unspecified atom stereocenters. The molecule has 1 rings (SSSR count). The number of likely N-dealkylation sites (N-methyl/N-ethyl adjacent to an activating group) is 1. The number of hydrogen-bond donors (Lipinski definition) is 1. The Hall–Kier alpha value is -1.06. The van der Waals surface area contributed by atoms with Crippen LogP contribution < -0.4 is 10.1 Å². The van der Waals surface area contributed by atoms with Gasteiger partial charge in [0.25, 0.3) is 0 Å². The van der Waals surface area contributed by atoms with Crippen molar-refractivity contribution >= 4 is 0 Å². The summed E-state index contributed by atoms with van der Waals surface area (Å²) in [4.78, 5) is 2.45. The molecule has 0 aliphatic heterocycles. The molecule has 1 aromatic rings. The number of methoxy groups -OCH3 is 1. The van der Waals surface area contributed by atoms with E-state index in [1.165, 1.54) is 5.56 Å². The topological polar surface area (TPSA) is 24.5 Å². The van der Waals surface area contributed by atoms with Gasteiger partial charge < -0.3 is 15.0 Å². The Kier molecular flexibility index (Phi) is 7.63. The number of ether oxygens (including phenoxy) is 1. The van der Waals surface area contributed by atoms with Crippen LogP contribution in [0, 0.1) is 0 Å².